The molecule has 0 spiro atoms. The van der Waals surface area contributed by atoms with Gasteiger partial charge in [-0.2, -0.15) is 0 Å². The van der Waals surface area contributed by atoms with E-state index in [9.17, 15) is 4.79 Å². The lowest BCUT2D eigenvalue weighted by atomic mass is 10.1. The van der Waals surface area contributed by atoms with Crippen LogP contribution in [0.4, 0.5) is 0 Å². The van der Waals surface area contributed by atoms with Crippen LogP contribution in [0, 0.1) is 0 Å². The highest BCUT2D eigenvalue weighted by Gasteiger charge is 2.25. The van der Waals surface area contributed by atoms with Gasteiger partial charge in [-0.1, -0.05) is 30.3 Å². The fraction of sp³-hybridized carbons (Fsp3) is 0.261. The zero-order valence-electron chi connectivity index (χ0n) is 16.6. The number of hydrogen-bond acceptors (Lipinski definition) is 5. The van der Waals surface area contributed by atoms with E-state index < -0.39 is 0 Å². The van der Waals surface area contributed by atoms with Gasteiger partial charge in [0.1, 0.15) is 11.5 Å². The second-order valence-corrected chi connectivity index (χ2v) is 8.24. The quantitative estimate of drug-likeness (QED) is 0.485. The third kappa shape index (κ3) is 3.71. The molecule has 5 rings (SSSR count). The molecule has 3 heterocycles. The first kappa shape index (κ1) is 19.2. The van der Waals surface area contributed by atoms with Gasteiger partial charge in [0.05, 0.1) is 24.4 Å². The standard InChI is InChI=1S/C23H24N4O2S/c28-23-18-15-27-19-9-3-1-7-16(19)13-20(27)17-8-2-4-10-21(17)29-22(18)14-26-30-25-12-6-5-11-24-23/h1-4,7-10,13,25-26H,5-6,11-12,14-15H2,(H,24,28)/b22-18+. The normalized spacial score (nSPS) is 20.3. The van der Waals surface area contributed by atoms with Crippen molar-refractivity contribution >= 4 is 28.9 Å². The second-order valence-electron chi connectivity index (χ2n) is 7.46. The van der Waals surface area contributed by atoms with Gasteiger partial charge in [0.2, 0.25) is 0 Å². The number of fused-ring (bicyclic) bond motifs is 5. The predicted molar refractivity (Wildman–Crippen MR) is 121 cm³/mol. The van der Waals surface area contributed by atoms with Crippen molar-refractivity contribution < 1.29 is 9.53 Å². The molecule has 1 aromatic heterocycles. The summed E-state index contributed by atoms with van der Waals surface area (Å²) in [6.45, 7) is 2.45. The van der Waals surface area contributed by atoms with Crippen LogP contribution in [0.5, 0.6) is 5.75 Å². The Kier molecular flexibility index (Phi) is 5.48. The maximum absolute atomic E-state index is 13.2. The number of nitrogens with zero attached hydrogens (tertiary/aromatic N) is 1. The smallest absolute Gasteiger partial charge is 0.252 e. The van der Waals surface area contributed by atoms with E-state index in [0.29, 0.717) is 31.0 Å². The highest BCUT2D eigenvalue weighted by molar-refractivity contribution is 7.95. The number of para-hydroxylation sites is 2. The Morgan fingerprint density at radius 2 is 1.80 bits per heavy atom. The number of benzene rings is 2. The van der Waals surface area contributed by atoms with Crippen LogP contribution >= 0.6 is 12.1 Å². The Balaban J connectivity index is 1.67. The molecule has 0 fully saturated rings. The summed E-state index contributed by atoms with van der Waals surface area (Å²) in [7, 11) is 0. The van der Waals surface area contributed by atoms with Crippen LogP contribution in [0.2, 0.25) is 0 Å². The molecule has 0 saturated carbocycles. The van der Waals surface area contributed by atoms with Gasteiger partial charge in [0.25, 0.3) is 5.91 Å². The van der Waals surface area contributed by atoms with Crippen molar-refractivity contribution in [2.24, 2.45) is 0 Å². The first-order valence-electron chi connectivity index (χ1n) is 10.3. The molecule has 2 aromatic carbocycles. The third-order valence-electron chi connectivity index (χ3n) is 5.50. The van der Waals surface area contributed by atoms with Crippen LogP contribution in [-0.4, -0.2) is 30.1 Å². The summed E-state index contributed by atoms with van der Waals surface area (Å²) in [5.41, 5.74) is 3.85. The minimum absolute atomic E-state index is 0.0616. The molecule has 0 unspecified atom stereocenters. The topological polar surface area (TPSA) is 67.3 Å². The first-order valence-corrected chi connectivity index (χ1v) is 11.1. The Bertz CT molecular complexity index is 1120. The van der Waals surface area contributed by atoms with Gasteiger partial charge in [-0.05, 0) is 37.1 Å². The lowest BCUT2D eigenvalue weighted by Gasteiger charge is -2.24. The number of ether oxygens (including phenoxy) is 1. The Morgan fingerprint density at radius 3 is 2.77 bits per heavy atom. The molecule has 7 heteroatoms. The molecule has 3 aromatic rings. The number of aromatic nitrogens is 1. The summed E-state index contributed by atoms with van der Waals surface area (Å²) < 4.78 is 15.2. The van der Waals surface area contributed by atoms with Crippen LogP contribution in [0.1, 0.15) is 12.8 Å². The highest BCUT2D eigenvalue weighted by Crippen LogP contribution is 2.37. The van der Waals surface area contributed by atoms with Crippen molar-refractivity contribution in [1.29, 1.82) is 0 Å². The second kappa shape index (κ2) is 8.55. The molecule has 154 valence electrons. The zero-order chi connectivity index (χ0) is 20.3. The molecule has 3 N–H and O–H groups in total. The van der Waals surface area contributed by atoms with Gasteiger partial charge < -0.3 is 14.6 Å². The van der Waals surface area contributed by atoms with Crippen molar-refractivity contribution in [3.8, 4) is 17.0 Å². The van der Waals surface area contributed by atoms with Crippen molar-refractivity contribution in [3.05, 3.63) is 65.9 Å². The van der Waals surface area contributed by atoms with Crippen molar-refractivity contribution in [2.75, 3.05) is 19.6 Å². The molecule has 0 radical (unpaired) electrons. The van der Waals surface area contributed by atoms with E-state index in [2.05, 4.69) is 43.6 Å². The summed E-state index contributed by atoms with van der Waals surface area (Å²) in [5.74, 6) is 1.35. The Morgan fingerprint density at radius 1 is 0.967 bits per heavy atom. The van der Waals surface area contributed by atoms with Crippen molar-refractivity contribution in [2.45, 2.75) is 19.4 Å². The van der Waals surface area contributed by atoms with Crippen molar-refractivity contribution in [3.63, 3.8) is 0 Å². The van der Waals surface area contributed by atoms with E-state index >= 15 is 0 Å². The molecular weight excluding hydrogens is 396 g/mol. The van der Waals surface area contributed by atoms with E-state index in [0.717, 1.165) is 47.3 Å². The van der Waals surface area contributed by atoms with E-state index in [1.54, 1.807) is 0 Å². The molecule has 2 aliphatic rings. The number of hydrogen-bond donors (Lipinski definition) is 3. The third-order valence-corrected chi connectivity index (χ3v) is 6.14. The maximum Gasteiger partial charge on any atom is 0.252 e. The fourth-order valence-electron chi connectivity index (χ4n) is 3.99. The molecule has 6 nitrogen and oxygen atoms in total. The molecule has 0 aliphatic carbocycles. The van der Waals surface area contributed by atoms with E-state index in [1.807, 2.05) is 30.3 Å². The van der Waals surface area contributed by atoms with Gasteiger partial charge in [-0.3, -0.25) is 9.52 Å². The largest absolute Gasteiger partial charge is 0.459 e. The summed E-state index contributed by atoms with van der Waals surface area (Å²) in [4.78, 5) is 13.2. The summed E-state index contributed by atoms with van der Waals surface area (Å²) in [5, 5.41) is 4.24. The van der Waals surface area contributed by atoms with E-state index in [4.69, 9.17) is 4.74 Å². The molecule has 0 bridgehead atoms. The predicted octanol–water partition coefficient (Wildman–Crippen LogP) is 3.61. The van der Waals surface area contributed by atoms with Crippen LogP contribution in [-0.2, 0) is 11.3 Å². The molecule has 0 atom stereocenters. The van der Waals surface area contributed by atoms with Gasteiger partial charge in [0, 0.05) is 41.7 Å². The molecule has 2 aliphatic heterocycles. The first-order chi connectivity index (χ1) is 14.8. The van der Waals surface area contributed by atoms with Gasteiger partial charge in [0.15, 0.2) is 0 Å². The Hall–Kier alpha value is -2.74. The van der Waals surface area contributed by atoms with Gasteiger partial charge in [-0.15, -0.1) is 0 Å². The average molecular weight is 421 g/mol. The lowest BCUT2D eigenvalue weighted by molar-refractivity contribution is -0.117. The average Bonchev–Trinajstić information content (AvgIpc) is 3.11. The van der Waals surface area contributed by atoms with Crippen LogP contribution < -0.4 is 19.5 Å². The molecular formula is C23H24N4O2S. The molecule has 30 heavy (non-hydrogen) atoms. The monoisotopic (exact) mass is 420 g/mol. The minimum atomic E-state index is -0.0616. The van der Waals surface area contributed by atoms with Crippen molar-refractivity contribution in [1.82, 2.24) is 19.3 Å². The summed E-state index contributed by atoms with van der Waals surface area (Å²) in [6.07, 6.45) is 1.94. The number of carbonyl (C=O) groups is 1. The molecule has 1 amide bonds. The van der Waals surface area contributed by atoms with Crippen LogP contribution in [0.25, 0.3) is 22.2 Å². The summed E-state index contributed by atoms with van der Waals surface area (Å²) >= 11 is 1.46. The van der Waals surface area contributed by atoms with Crippen LogP contribution in [0.3, 0.4) is 0 Å². The number of carbonyl (C=O) groups excluding carboxylic acids is 1. The van der Waals surface area contributed by atoms with Crippen LogP contribution in [0.15, 0.2) is 65.9 Å². The molecule has 0 saturated heterocycles. The Labute approximate surface area is 179 Å². The van der Waals surface area contributed by atoms with E-state index in [-0.39, 0.29) is 5.91 Å². The summed E-state index contributed by atoms with van der Waals surface area (Å²) in [6, 6.07) is 18.5. The van der Waals surface area contributed by atoms with Gasteiger partial charge >= 0.3 is 0 Å². The minimum Gasteiger partial charge on any atom is -0.459 e. The number of rotatable bonds is 0. The zero-order valence-corrected chi connectivity index (χ0v) is 17.4. The van der Waals surface area contributed by atoms with E-state index in [1.165, 1.54) is 12.1 Å². The number of nitrogens with one attached hydrogen (secondary N) is 3. The highest BCUT2D eigenvalue weighted by atomic mass is 32.2. The fourth-order valence-corrected chi connectivity index (χ4v) is 4.54. The lowest BCUT2D eigenvalue weighted by Crippen LogP contribution is -2.33. The maximum atomic E-state index is 13.2. The van der Waals surface area contributed by atoms with Gasteiger partial charge in [-0.25, -0.2) is 4.72 Å². The SMILES string of the molecule is O=C1NCCCCNSNC/C2=C\1Cn1c(cc3ccccc31)-c1ccccc1O2. The number of amides is 1.